The number of nitrogens with zero attached hydrogens (tertiary/aromatic N) is 3. The standard InChI is InChI=1S/C12H10Cl2N4S/c1-6-16-7(5-19-6)4-18-11-3-9(14)8(13)2-10(11)17-12(18)15/h2-3,5H,4H2,1H3,(H2,15,17). The number of fused-ring (bicyclic) bond motifs is 1. The highest BCUT2D eigenvalue weighted by Gasteiger charge is 2.12. The fraction of sp³-hybridized carbons (Fsp3) is 0.167. The predicted molar refractivity (Wildman–Crippen MR) is 80.1 cm³/mol. The van der Waals surface area contributed by atoms with E-state index in [2.05, 4.69) is 9.97 Å². The average molecular weight is 313 g/mol. The molecule has 98 valence electrons. The molecule has 2 aromatic heterocycles. The summed E-state index contributed by atoms with van der Waals surface area (Å²) in [5.74, 6) is 0.430. The van der Waals surface area contributed by atoms with Gasteiger partial charge in [0.15, 0.2) is 0 Å². The number of hydrogen-bond acceptors (Lipinski definition) is 4. The highest BCUT2D eigenvalue weighted by Crippen LogP contribution is 2.29. The Hall–Kier alpha value is -1.30. The zero-order valence-electron chi connectivity index (χ0n) is 10.0. The number of anilines is 1. The zero-order valence-corrected chi connectivity index (χ0v) is 12.4. The number of thiazole rings is 1. The first kappa shape index (κ1) is 12.7. The van der Waals surface area contributed by atoms with Gasteiger partial charge in [0.1, 0.15) is 0 Å². The Morgan fingerprint density at radius 3 is 2.68 bits per heavy atom. The molecular weight excluding hydrogens is 303 g/mol. The molecule has 2 heterocycles. The molecule has 0 bridgehead atoms. The Morgan fingerprint density at radius 1 is 1.26 bits per heavy atom. The lowest BCUT2D eigenvalue weighted by atomic mass is 10.3. The van der Waals surface area contributed by atoms with E-state index < -0.39 is 0 Å². The van der Waals surface area contributed by atoms with Crippen molar-refractivity contribution >= 4 is 51.5 Å². The molecule has 1 aromatic carbocycles. The number of rotatable bonds is 2. The second kappa shape index (κ2) is 4.67. The number of aryl methyl sites for hydroxylation is 1. The van der Waals surface area contributed by atoms with Crippen molar-refractivity contribution in [1.29, 1.82) is 0 Å². The molecule has 0 aliphatic heterocycles. The molecule has 19 heavy (non-hydrogen) atoms. The fourth-order valence-corrected chi connectivity index (χ4v) is 2.87. The monoisotopic (exact) mass is 312 g/mol. The van der Waals surface area contributed by atoms with Crippen LogP contribution in [-0.4, -0.2) is 14.5 Å². The SMILES string of the molecule is Cc1nc(Cn2c(N)nc3cc(Cl)c(Cl)cc32)cs1. The van der Waals surface area contributed by atoms with Gasteiger partial charge in [0.2, 0.25) is 5.95 Å². The van der Waals surface area contributed by atoms with Crippen LogP contribution in [-0.2, 0) is 6.54 Å². The molecule has 0 amide bonds. The molecule has 0 aliphatic rings. The van der Waals surface area contributed by atoms with E-state index in [0.717, 1.165) is 21.7 Å². The lowest BCUT2D eigenvalue weighted by Crippen LogP contribution is -2.04. The number of nitrogens with two attached hydrogens (primary N) is 1. The van der Waals surface area contributed by atoms with Gasteiger partial charge in [-0.05, 0) is 19.1 Å². The van der Waals surface area contributed by atoms with E-state index in [-0.39, 0.29) is 0 Å². The molecule has 4 nitrogen and oxygen atoms in total. The van der Waals surface area contributed by atoms with Crippen LogP contribution in [0.15, 0.2) is 17.5 Å². The summed E-state index contributed by atoms with van der Waals surface area (Å²) < 4.78 is 1.88. The van der Waals surface area contributed by atoms with Crippen molar-refractivity contribution in [1.82, 2.24) is 14.5 Å². The summed E-state index contributed by atoms with van der Waals surface area (Å²) in [6.45, 7) is 2.55. The molecule has 0 saturated heterocycles. The van der Waals surface area contributed by atoms with Crippen LogP contribution in [0.4, 0.5) is 5.95 Å². The van der Waals surface area contributed by atoms with E-state index in [0.29, 0.717) is 22.5 Å². The maximum absolute atomic E-state index is 6.05. The molecule has 0 aliphatic carbocycles. The van der Waals surface area contributed by atoms with E-state index in [1.165, 1.54) is 0 Å². The van der Waals surface area contributed by atoms with Gasteiger partial charge >= 0.3 is 0 Å². The zero-order chi connectivity index (χ0) is 13.6. The van der Waals surface area contributed by atoms with Crippen molar-refractivity contribution in [3.8, 4) is 0 Å². The van der Waals surface area contributed by atoms with E-state index in [1.807, 2.05) is 16.9 Å². The van der Waals surface area contributed by atoms with Crippen molar-refractivity contribution in [2.45, 2.75) is 13.5 Å². The highest BCUT2D eigenvalue weighted by atomic mass is 35.5. The molecule has 0 atom stereocenters. The first-order valence-corrected chi connectivity index (χ1v) is 7.20. The lowest BCUT2D eigenvalue weighted by Gasteiger charge is -2.04. The molecule has 3 rings (SSSR count). The molecule has 0 fully saturated rings. The minimum Gasteiger partial charge on any atom is -0.369 e. The largest absolute Gasteiger partial charge is 0.369 e. The summed E-state index contributed by atoms with van der Waals surface area (Å²) in [6.07, 6.45) is 0. The number of halogens is 2. The fourth-order valence-electron chi connectivity index (χ4n) is 1.95. The third-order valence-electron chi connectivity index (χ3n) is 2.81. The third-order valence-corrected chi connectivity index (χ3v) is 4.35. The summed E-state index contributed by atoms with van der Waals surface area (Å²) in [6, 6.07) is 3.50. The molecule has 0 radical (unpaired) electrons. The van der Waals surface area contributed by atoms with Crippen molar-refractivity contribution in [3.05, 3.63) is 38.3 Å². The van der Waals surface area contributed by atoms with Crippen molar-refractivity contribution in [2.24, 2.45) is 0 Å². The second-order valence-corrected chi connectivity index (χ2v) is 6.05. The molecule has 3 aromatic rings. The normalized spacial score (nSPS) is 11.3. The van der Waals surface area contributed by atoms with Crippen LogP contribution >= 0.6 is 34.5 Å². The van der Waals surface area contributed by atoms with Crippen molar-refractivity contribution < 1.29 is 0 Å². The Balaban J connectivity index is 2.12. The quantitative estimate of drug-likeness (QED) is 0.784. The number of imidazole rings is 1. The predicted octanol–water partition coefficient (Wildman–Crippen LogP) is 3.74. The maximum atomic E-state index is 6.05. The van der Waals surface area contributed by atoms with Gasteiger partial charge in [0.05, 0.1) is 38.3 Å². The van der Waals surface area contributed by atoms with E-state index in [9.17, 15) is 0 Å². The smallest absolute Gasteiger partial charge is 0.201 e. The van der Waals surface area contributed by atoms with Gasteiger partial charge in [-0.25, -0.2) is 9.97 Å². The number of aromatic nitrogens is 3. The first-order valence-electron chi connectivity index (χ1n) is 5.56. The summed E-state index contributed by atoms with van der Waals surface area (Å²) in [4.78, 5) is 8.72. The summed E-state index contributed by atoms with van der Waals surface area (Å²) in [5, 5.41) is 4.00. The van der Waals surface area contributed by atoms with Gasteiger partial charge in [-0.1, -0.05) is 23.2 Å². The van der Waals surface area contributed by atoms with Crippen molar-refractivity contribution in [2.75, 3.05) is 5.73 Å². The maximum Gasteiger partial charge on any atom is 0.201 e. The van der Waals surface area contributed by atoms with Gasteiger partial charge in [0, 0.05) is 5.38 Å². The summed E-state index contributed by atoms with van der Waals surface area (Å²) in [5.41, 5.74) is 8.50. The molecule has 0 spiro atoms. The number of hydrogen-bond donors (Lipinski definition) is 1. The van der Waals surface area contributed by atoms with Crippen LogP contribution in [0.1, 0.15) is 10.7 Å². The Labute approximate surface area is 123 Å². The van der Waals surface area contributed by atoms with Crippen LogP contribution < -0.4 is 5.73 Å². The van der Waals surface area contributed by atoms with Crippen LogP contribution in [0.25, 0.3) is 11.0 Å². The summed E-state index contributed by atoms with van der Waals surface area (Å²) in [7, 11) is 0. The van der Waals surface area contributed by atoms with E-state index in [4.69, 9.17) is 28.9 Å². The Morgan fingerprint density at radius 2 is 2.00 bits per heavy atom. The topological polar surface area (TPSA) is 56.7 Å². The molecular formula is C12H10Cl2N4S. The van der Waals surface area contributed by atoms with E-state index in [1.54, 1.807) is 23.5 Å². The Kier molecular flexibility index (Phi) is 3.12. The minimum atomic E-state index is 0.430. The van der Waals surface area contributed by atoms with Gasteiger partial charge < -0.3 is 10.3 Å². The third kappa shape index (κ3) is 2.29. The highest BCUT2D eigenvalue weighted by molar-refractivity contribution is 7.09. The van der Waals surface area contributed by atoms with Gasteiger partial charge in [-0.3, -0.25) is 0 Å². The molecule has 0 saturated carbocycles. The second-order valence-electron chi connectivity index (χ2n) is 4.17. The minimum absolute atomic E-state index is 0.430. The number of nitrogen functional groups attached to an aromatic ring is 1. The van der Waals surface area contributed by atoms with Gasteiger partial charge in [0.25, 0.3) is 0 Å². The van der Waals surface area contributed by atoms with Crippen LogP contribution in [0.3, 0.4) is 0 Å². The summed E-state index contributed by atoms with van der Waals surface area (Å²) >= 11 is 13.6. The van der Waals surface area contributed by atoms with Gasteiger partial charge in [-0.2, -0.15) is 0 Å². The van der Waals surface area contributed by atoms with Crippen molar-refractivity contribution in [3.63, 3.8) is 0 Å². The molecule has 7 heteroatoms. The molecule has 2 N–H and O–H groups in total. The lowest BCUT2D eigenvalue weighted by molar-refractivity contribution is 0.813. The van der Waals surface area contributed by atoms with Crippen LogP contribution in [0, 0.1) is 6.92 Å². The Bertz CT molecular complexity index is 763. The average Bonchev–Trinajstić information content (AvgIpc) is 2.87. The molecule has 0 unspecified atom stereocenters. The van der Waals surface area contributed by atoms with E-state index >= 15 is 0 Å². The van der Waals surface area contributed by atoms with Gasteiger partial charge in [-0.15, -0.1) is 11.3 Å². The first-order chi connectivity index (χ1) is 9.04. The van der Waals surface area contributed by atoms with Crippen LogP contribution in [0.5, 0.6) is 0 Å². The van der Waals surface area contributed by atoms with Crippen LogP contribution in [0.2, 0.25) is 10.0 Å². The number of benzene rings is 1.